The van der Waals surface area contributed by atoms with E-state index in [2.05, 4.69) is 10.1 Å². The lowest BCUT2D eigenvalue weighted by molar-refractivity contribution is -0.708. The Labute approximate surface area is 205 Å². The molecule has 35 heavy (non-hydrogen) atoms. The Balaban J connectivity index is 1.71. The number of hydrogen-bond donors (Lipinski definition) is 1. The largest absolute Gasteiger partial charge is 0.569 e. The highest BCUT2D eigenvalue weighted by atomic mass is 35.5. The third-order valence-electron chi connectivity index (χ3n) is 5.57. The van der Waals surface area contributed by atoms with Crippen molar-refractivity contribution < 1.29 is 42.8 Å². The molecule has 1 N–H and O–H groups in total. The van der Waals surface area contributed by atoms with Gasteiger partial charge < -0.3 is 24.6 Å². The van der Waals surface area contributed by atoms with Crippen LogP contribution in [0.5, 0.6) is 5.75 Å². The highest BCUT2D eigenvalue weighted by Crippen LogP contribution is 2.41. The smallest absolute Gasteiger partial charge is 0.341 e. The van der Waals surface area contributed by atoms with Gasteiger partial charge in [-0.25, -0.2) is 13.6 Å². The van der Waals surface area contributed by atoms with Crippen LogP contribution in [-0.2, 0) is 24.6 Å². The summed E-state index contributed by atoms with van der Waals surface area (Å²) in [7, 11) is 0. The second-order valence-corrected chi connectivity index (χ2v) is 9.83. The average Bonchev–Trinajstić information content (AvgIpc) is 3.24. The van der Waals surface area contributed by atoms with Gasteiger partial charge in [-0.1, -0.05) is 32.4 Å². The molecule has 1 fully saturated rings. The van der Waals surface area contributed by atoms with E-state index in [0.29, 0.717) is 23.1 Å². The maximum atomic E-state index is 14.3. The van der Waals surface area contributed by atoms with Gasteiger partial charge in [-0.15, -0.1) is 5.01 Å². The molecule has 3 rings (SSSR count). The maximum Gasteiger partial charge on any atom is 0.341 e. The number of rotatable bonds is 7. The summed E-state index contributed by atoms with van der Waals surface area (Å²) in [4.78, 5) is 28.2. The molecule has 1 aromatic carbocycles. The quantitative estimate of drug-likeness (QED) is 0.143. The van der Waals surface area contributed by atoms with Crippen LogP contribution in [0.4, 0.5) is 8.78 Å². The zero-order chi connectivity index (χ0) is 26.1. The predicted octanol–water partition coefficient (Wildman–Crippen LogP) is 4.15. The van der Waals surface area contributed by atoms with E-state index in [4.69, 9.17) is 26.2 Å². The Morgan fingerprint density at radius 1 is 1.34 bits per heavy atom. The molecule has 1 aromatic rings. The summed E-state index contributed by atoms with van der Waals surface area (Å²) in [5.74, 6) is -6.17. The number of carbonyl (C=O) groups is 2. The second-order valence-electron chi connectivity index (χ2n) is 9.42. The fourth-order valence-corrected chi connectivity index (χ4v) is 4.18. The SMILES string of the molecule is CC(C)(C)c1cc2c(cc1Cl)C=C(C(=O)OCO/N=[N+](\[O-])N1CCC(C(=O)O)C1)[C@@H](C(C)(F)F)O2. The molecule has 0 aliphatic carbocycles. The van der Waals surface area contributed by atoms with Gasteiger partial charge in [0.05, 0.1) is 29.6 Å². The van der Waals surface area contributed by atoms with E-state index < -0.39 is 42.2 Å². The first-order valence-corrected chi connectivity index (χ1v) is 11.1. The average molecular weight is 518 g/mol. The van der Waals surface area contributed by atoms with E-state index in [1.54, 1.807) is 6.07 Å². The molecule has 0 aromatic heterocycles. The van der Waals surface area contributed by atoms with Crippen LogP contribution in [0.25, 0.3) is 6.08 Å². The van der Waals surface area contributed by atoms with Crippen LogP contribution in [0.1, 0.15) is 45.2 Å². The summed E-state index contributed by atoms with van der Waals surface area (Å²) >= 11 is 6.36. The van der Waals surface area contributed by atoms with Crippen molar-refractivity contribution in [3.63, 3.8) is 0 Å². The zero-order valence-electron chi connectivity index (χ0n) is 19.6. The Hall–Kier alpha value is -3.15. The van der Waals surface area contributed by atoms with Gasteiger partial charge in [-0.05, 0) is 35.6 Å². The van der Waals surface area contributed by atoms with Crippen LogP contribution in [0, 0.1) is 11.1 Å². The lowest BCUT2D eigenvalue weighted by atomic mass is 9.85. The summed E-state index contributed by atoms with van der Waals surface area (Å²) < 4.78 is 39.0. The topological polar surface area (TPSA) is 124 Å². The number of nitrogens with zero attached hydrogens (tertiary/aromatic N) is 3. The summed E-state index contributed by atoms with van der Waals surface area (Å²) in [5, 5.41) is 25.5. The molecule has 0 radical (unpaired) electrons. The van der Waals surface area contributed by atoms with Gasteiger partial charge in [0.2, 0.25) is 5.28 Å². The summed E-state index contributed by atoms with van der Waals surface area (Å²) in [6.07, 6.45) is -0.446. The number of carboxylic acid groups (broad SMARTS) is 1. The minimum atomic E-state index is -3.43. The highest BCUT2D eigenvalue weighted by Gasteiger charge is 2.45. The summed E-state index contributed by atoms with van der Waals surface area (Å²) in [5.41, 5.74) is 0.188. The van der Waals surface area contributed by atoms with Gasteiger partial charge in [0.1, 0.15) is 5.75 Å². The number of hydrazine groups is 1. The molecular weight excluding hydrogens is 492 g/mol. The highest BCUT2D eigenvalue weighted by molar-refractivity contribution is 6.31. The summed E-state index contributed by atoms with van der Waals surface area (Å²) in [6.45, 7) is 5.61. The fourth-order valence-electron chi connectivity index (χ4n) is 3.72. The third kappa shape index (κ3) is 6.11. The first kappa shape index (κ1) is 26.5. The monoisotopic (exact) mass is 517 g/mol. The van der Waals surface area contributed by atoms with E-state index >= 15 is 0 Å². The molecule has 2 atom stereocenters. The van der Waals surface area contributed by atoms with Crippen LogP contribution in [0.15, 0.2) is 23.0 Å². The Kier molecular flexibility index (Phi) is 7.44. The third-order valence-corrected chi connectivity index (χ3v) is 5.88. The van der Waals surface area contributed by atoms with Crippen molar-refractivity contribution >= 4 is 29.6 Å². The Morgan fingerprint density at radius 3 is 2.60 bits per heavy atom. The van der Waals surface area contributed by atoms with Crippen LogP contribution < -0.4 is 4.74 Å². The Morgan fingerprint density at radius 2 is 2.03 bits per heavy atom. The molecule has 2 aliphatic rings. The molecule has 192 valence electrons. The van der Waals surface area contributed by atoms with Crippen molar-refractivity contribution in [1.29, 1.82) is 0 Å². The molecular formula is C22H26ClF2N3O7. The van der Waals surface area contributed by atoms with Crippen molar-refractivity contribution in [2.24, 2.45) is 11.2 Å². The molecule has 0 amide bonds. The van der Waals surface area contributed by atoms with Crippen molar-refractivity contribution in [2.45, 2.75) is 51.6 Å². The number of alkyl halides is 2. The van der Waals surface area contributed by atoms with E-state index in [-0.39, 0.29) is 35.6 Å². The number of benzene rings is 1. The van der Waals surface area contributed by atoms with Crippen LogP contribution in [0.3, 0.4) is 0 Å². The second kappa shape index (κ2) is 9.84. The van der Waals surface area contributed by atoms with Crippen molar-refractivity contribution in [3.05, 3.63) is 39.1 Å². The minimum absolute atomic E-state index is 0.0494. The van der Waals surface area contributed by atoms with Gasteiger partial charge in [0, 0.05) is 17.5 Å². The number of aliphatic carboxylic acids is 1. The molecule has 13 heteroatoms. The molecule has 10 nitrogen and oxygen atoms in total. The molecule has 1 unspecified atom stereocenters. The number of carboxylic acids is 1. The predicted molar refractivity (Wildman–Crippen MR) is 119 cm³/mol. The van der Waals surface area contributed by atoms with Crippen molar-refractivity contribution in [3.8, 4) is 5.75 Å². The zero-order valence-corrected chi connectivity index (χ0v) is 20.3. The van der Waals surface area contributed by atoms with E-state index in [0.717, 1.165) is 5.01 Å². The normalized spacial score (nSPS) is 20.6. The van der Waals surface area contributed by atoms with E-state index in [9.17, 15) is 23.6 Å². The Bertz CT molecular complexity index is 1070. The van der Waals surface area contributed by atoms with Gasteiger partial charge in [-0.2, -0.15) is 0 Å². The number of ether oxygens (including phenoxy) is 2. The number of hydrogen-bond acceptors (Lipinski definition) is 7. The lowest BCUT2D eigenvalue weighted by Crippen LogP contribution is -2.41. The standard InChI is InChI=1S/C22H26ClF2N3O7/c1-21(2,3)15-9-17-13(8-16(15)23)7-14(18(35-17)22(4,24)25)20(31)33-11-34-26-28(32)27-6-5-12(10-27)19(29)30/h7-9,12,18H,5-6,10-11H2,1-4H3,(H,29,30)/b28-26-/t12?,18-/m0/s1. The van der Waals surface area contributed by atoms with Gasteiger partial charge >= 0.3 is 11.9 Å². The maximum absolute atomic E-state index is 14.3. The number of carbonyl (C=O) groups excluding carboxylic acids is 1. The van der Waals surface area contributed by atoms with Crippen LogP contribution >= 0.6 is 11.6 Å². The number of esters is 1. The van der Waals surface area contributed by atoms with E-state index in [1.807, 2.05) is 20.8 Å². The van der Waals surface area contributed by atoms with Crippen molar-refractivity contribution in [1.82, 2.24) is 5.01 Å². The molecule has 0 spiro atoms. The van der Waals surface area contributed by atoms with Crippen LogP contribution in [0.2, 0.25) is 5.02 Å². The molecule has 1 saturated heterocycles. The molecule has 0 saturated carbocycles. The minimum Gasteiger partial charge on any atom is -0.569 e. The van der Waals surface area contributed by atoms with Gasteiger partial charge in [-0.3, -0.25) is 4.79 Å². The lowest BCUT2D eigenvalue weighted by Gasteiger charge is -2.31. The number of halogens is 3. The van der Waals surface area contributed by atoms with Crippen LogP contribution in [-0.4, -0.2) is 58.9 Å². The summed E-state index contributed by atoms with van der Waals surface area (Å²) in [6, 6.07) is 3.10. The first-order valence-electron chi connectivity index (χ1n) is 10.7. The molecule has 2 aliphatic heterocycles. The number of fused-ring (bicyclic) bond motifs is 1. The fraction of sp³-hybridized carbons (Fsp3) is 0.545. The van der Waals surface area contributed by atoms with Gasteiger partial charge in [0.25, 0.3) is 12.7 Å². The first-order chi connectivity index (χ1) is 16.2. The molecule has 0 bridgehead atoms. The van der Waals surface area contributed by atoms with Gasteiger partial charge in [0.15, 0.2) is 6.10 Å². The van der Waals surface area contributed by atoms with E-state index in [1.165, 1.54) is 12.1 Å². The van der Waals surface area contributed by atoms with Crippen molar-refractivity contribution in [2.75, 3.05) is 19.9 Å². The molecule has 2 heterocycles.